The van der Waals surface area contributed by atoms with Crippen molar-refractivity contribution in [3.8, 4) is 5.13 Å². The Hall–Kier alpha value is -2.79. The first-order valence-electron chi connectivity index (χ1n) is 9.14. The number of ketones is 1. The molecule has 0 amide bonds. The van der Waals surface area contributed by atoms with Crippen molar-refractivity contribution in [2.45, 2.75) is 32.6 Å². The fraction of sp³-hybridized carbons (Fsp3) is 0.227. The van der Waals surface area contributed by atoms with Crippen molar-refractivity contribution in [1.82, 2.24) is 14.8 Å². The number of Topliss-reactive ketones (excluding diaryl/α,β-unsaturated/α-hetero) is 1. The molecule has 0 fully saturated rings. The first-order chi connectivity index (χ1) is 13.1. The molecule has 5 heteroatoms. The molecule has 0 saturated carbocycles. The molecule has 0 spiro atoms. The second-order valence-corrected chi connectivity index (χ2v) is 8.23. The minimum atomic E-state index is 0.188. The third-order valence-electron chi connectivity index (χ3n) is 5.28. The molecule has 1 aliphatic rings. The number of benzene rings is 2. The van der Waals surface area contributed by atoms with Crippen molar-refractivity contribution in [2.24, 2.45) is 0 Å². The molecule has 5 rings (SSSR count). The van der Waals surface area contributed by atoms with E-state index >= 15 is 0 Å². The van der Waals surface area contributed by atoms with Crippen molar-refractivity contribution in [3.63, 3.8) is 0 Å². The van der Waals surface area contributed by atoms with E-state index in [2.05, 4.69) is 37.3 Å². The summed E-state index contributed by atoms with van der Waals surface area (Å²) in [5, 5.41) is 5.53. The predicted octanol–water partition coefficient (Wildman–Crippen LogP) is 5.01. The molecule has 4 aromatic rings. The van der Waals surface area contributed by atoms with E-state index in [-0.39, 0.29) is 11.7 Å². The average molecular weight is 373 g/mol. The van der Waals surface area contributed by atoms with Crippen LogP contribution in [0.5, 0.6) is 0 Å². The van der Waals surface area contributed by atoms with Gasteiger partial charge >= 0.3 is 0 Å². The first-order valence-corrected chi connectivity index (χ1v) is 9.96. The second kappa shape index (κ2) is 6.13. The van der Waals surface area contributed by atoms with Gasteiger partial charge < -0.3 is 0 Å². The molecular formula is C22H19N3OS. The minimum absolute atomic E-state index is 0.188. The lowest BCUT2D eigenvalue weighted by Crippen LogP contribution is -2.20. The van der Waals surface area contributed by atoms with Crippen LogP contribution < -0.4 is 0 Å². The first kappa shape index (κ1) is 16.4. The Kier molecular flexibility index (Phi) is 3.72. The second-order valence-electron chi connectivity index (χ2n) is 7.23. The number of carbonyl (C=O) groups is 1. The summed E-state index contributed by atoms with van der Waals surface area (Å²) in [6, 6.07) is 16.6. The van der Waals surface area contributed by atoms with Crippen LogP contribution in [-0.2, 0) is 6.42 Å². The number of thiazole rings is 1. The van der Waals surface area contributed by atoms with Crippen LogP contribution in [0.25, 0.3) is 15.3 Å². The number of para-hydroxylation sites is 1. The monoisotopic (exact) mass is 373 g/mol. The highest BCUT2D eigenvalue weighted by Crippen LogP contribution is 2.36. The normalized spacial score (nSPS) is 16.7. The van der Waals surface area contributed by atoms with Crippen LogP contribution in [0.4, 0.5) is 0 Å². The number of hydrogen-bond acceptors (Lipinski definition) is 4. The van der Waals surface area contributed by atoms with Gasteiger partial charge in [-0.1, -0.05) is 53.3 Å². The fourth-order valence-electron chi connectivity index (χ4n) is 4.03. The molecule has 2 aromatic heterocycles. The molecule has 0 bridgehead atoms. The van der Waals surface area contributed by atoms with Gasteiger partial charge in [-0.25, -0.2) is 9.67 Å². The maximum absolute atomic E-state index is 12.9. The highest BCUT2D eigenvalue weighted by Gasteiger charge is 2.32. The summed E-state index contributed by atoms with van der Waals surface area (Å²) in [5.74, 6) is 0.377. The van der Waals surface area contributed by atoms with Crippen LogP contribution in [0.2, 0.25) is 0 Å². The standard InChI is InChI=1S/C22H19N3OS/c1-13-6-5-7-15(10-13)16-11-18-21(19(26)12-16)14(2)24-25(18)22-23-17-8-3-4-9-20(17)27-22/h3-10,16H,11-12H2,1-2H3/t16-/m1/s1. The van der Waals surface area contributed by atoms with Crippen LogP contribution >= 0.6 is 11.3 Å². The Balaban J connectivity index is 1.62. The van der Waals surface area contributed by atoms with Gasteiger partial charge in [0.25, 0.3) is 0 Å². The molecule has 0 radical (unpaired) electrons. The summed E-state index contributed by atoms with van der Waals surface area (Å²) >= 11 is 1.62. The van der Waals surface area contributed by atoms with Gasteiger partial charge in [0.05, 0.1) is 27.2 Å². The molecule has 1 atom stereocenters. The Morgan fingerprint density at radius 1 is 1.07 bits per heavy atom. The molecule has 0 N–H and O–H groups in total. The lowest BCUT2D eigenvalue weighted by atomic mass is 9.81. The number of fused-ring (bicyclic) bond motifs is 2. The van der Waals surface area contributed by atoms with Crippen molar-refractivity contribution in [3.05, 3.63) is 76.6 Å². The smallest absolute Gasteiger partial charge is 0.211 e. The number of aromatic nitrogens is 3. The van der Waals surface area contributed by atoms with E-state index in [9.17, 15) is 4.79 Å². The summed E-state index contributed by atoms with van der Waals surface area (Å²) in [7, 11) is 0. The zero-order valence-corrected chi connectivity index (χ0v) is 16.1. The number of hydrogen-bond donors (Lipinski definition) is 0. The lowest BCUT2D eigenvalue weighted by Gasteiger charge is -2.23. The van der Waals surface area contributed by atoms with E-state index in [0.717, 1.165) is 38.7 Å². The fourth-order valence-corrected chi connectivity index (χ4v) is 4.97. The SMILES string of the molecule is Cc1cccc([C@H]2CC(=O)c3c(C)nn(-c4nc5ccccc5s4)c3C2)c1. The summed E-state index contributed by atoms with van der Waals surface area (Å²) in [6.07, 6.45) is 1.35. The van der Waals surface area contributed by atoms with E-state index in [4.69, 9.17) is 10.1 Å². The zero-order valence-electron chi connectivity index (χ0n) is 15.3. The van der Waals surface area contributed by atoms with Gasteiger partial charge in [-0.2, -0.15) is 5.10 Å². The van der Waals surface area contributed by atoms with Gasteiger partial charge in [0, 0.05) is 6.42 Å². The summed E-state index contributed by atoms with van der Waals surface area (Å²) < 4.78 is 3.03. The van der Waals surface area contributed by atoms with Gasteiger partial charge in [-0.05, 0) is 43.9 Å². The van der Waals surface area contributed by atoms with Gasteiger partial charge in [0.15, 0.2) is 5.78 Å². The van der Waals surface area contributed by atoms with E-state index in [1.807, 2.05) is 29.8 Å². The van der Waals surface area contributed by atoms with Crippen LogP contribution in [-0.4, -0.2) is 20.5 Å². The van der Waals surface area contributed by atoms with Crippen molar-refractivity contribution < 1.29 is 4.79 Å². The number of carbonyl (C=O) groups excluding carboxylic acids is 1. The maximum atomic E-state index is 12.9. The molecule has 1 aliphatic carbocycles. The zero-order chi connectivity index (χ0) is 18.5. The van der Waals surface area contributed by atoms with Crippen LogP contribution in [0.15, 0.2) is 48.5 Å². The number of nitrogens with zero attached hydrogens (tertiary/aromatic N) is 3. The number of rotatable bonds is 2. The summed E-state index contributed by atoms with van der Waals surface area (Å²) in [4.78, 5) is 17.7. The largest absolute Gasteiger partial charge is 0.294 e. The quantitative estimate of drug-likeness (QED) is 0.496. The summed E-state index contributed by atoms with van der Waals surface area (Å²) in [6.45, 7) is 4.02. The lowest BCUT2D eigenvalue weighted by molar-refractivity contribution is 0.0963. The van der Waals surface area contributed by atoms with Crippen molar-refractivity contribution in [2.75, 3.05) is 0 Å². The third kappa shape index (κ3) is 2.70. The Morgan fingerprint density at radius 2 is 1.93 bits per heavy atom. The van der Waals surface area contributed by atoms with Crippen molar-refractivity contribution >= 4 is 27.3 Å². The maximum Gasteiger partial charge on any atom is 0.211 e. The Labute approximate surface area is 161 Å². The molecule has 0 saturated heterocycles. The van der Waals surface area contributed by atoms with Gasteiger partial charge in [-0.3, -0.25) is 4.79 Å². The predicted molar refractivity (Wildman–Crippen MR) is 108 cm³/mol. The molecule has 134 valence electrons. The highest BCUT2D eigenvalue weighted by atomic mass is 32.1. The molecule has 2 aromatic carbocycles. The number of aryl methyl sites for hydroxylation is 2. The topological polar surface area (TPSA) is 47.8 Å². The van der Waals surface area contributed by atoms with E-state index in [1.165, 1.54) is 11.1 Å². The van der Waals surface area contributed by atoms with E-state index in [1.54, 1.807) is 11.3 Å². The molecular weight excluding hydrogens is 354 g/mol. The molecule has 27 heavy (non-hydrogen) atoms. The van der Waals surface area contributed by atoms with Crippen LogP contribution in [0.1, 0.15) is 45.2 Å². The summed E-state index contributed by atoms with van der Waals surface area (Å²) in [5.41, 5.74) is 6.01. The third-order valence-corrected chi connectivity index (χ3v) is 6.30. The molecule has 4 nitrogen and oxygen atoms in total. The van der Waals surface area contributed by atoms with Gasteiger partial charge in [0.2, 0.25) is 5.13 Å². The highest BCUT2D eigenvalue weighted by molar-refractivity contribution is 7.20. The Bertz CT molecular complexity index is 1150. The van der Waals surface area contributed by atoms with E-state index in [0.29, 0.717) is 6.42 Å². The van der Waals surface area contributed by atoms with Crippen LogP contribution in [0.3, 0.4) is 0 Å². The van der Waals surface area contributed by atoms with Crippen molar-refractivity contribution in [1.29, 1.82) is 0 Å². The average Bonchev–Trinajstić information content (AvgIpc) is 3.23. The molecule has 0 unspecified atom stereocenters. The Morgan fingerprint density at radius 3 is 2.74 bits per heavy atom. The van der Waals surface area contributed by atoms with Crippen LogP contribution in [0, 0.1) is 13.8 Å². The van der Waals surface area contributed by atoms with Gasteiger partial charge in [-0.15, -0.1) is 0 Å². The molecule has 2 heterocycles. The van der Waals surface area contributed by atoms with E-state index < -0.39 is 0 Å². The van der Waals surface area contributed by atoms with Gasteiger partial charge in [0.1, 0.15) is 0 Å². The minimum Gasteiger partial charge on any atom is -0.294 e. The molecule has 0 aliphatic heterocycles.